The Hall–Kier alpha value is -3.16. The average Bonchev–Trinajstić information content (AvgIpc) is 3.27. The molecule has 0 aliphatic rings. The van der Waals surface area contributed by atoms with Crippen LogP contribution in [0.4, 0.5) is 4.79 Å². The number of carbonyl (C=O) groups is 1. The van der Waals surface area contributed by atoms with E-state index in [1.165, 1.54) is 4.90 Å². The van der Waals surface area contributed by atoms with Gasteiger partial charge in [-0.2, -0.15) is 4.68 Å². The lowest BCUT2D eigenvalue weighted by Crippen LogP contribution is -2.38. The molecule has 1 aromatic carbocycles. The fraction of sp³-hybridized carbons (Fsp3) is 0.250. The first kappa shape index (κ1) is 15.7. The van der Waals surface area contributed by atoms with E-state index in [9.17, 15) is 4.79 Å². The van der Waals surface area contributed by atoms with Crippen LogP contribution < -0.4 is 5.32 Å². The number of urea groups is 1. The van der Waals surface area contributed by atoms with Crippen LogP contribution >= 0.6 is 0 Å². The first-order valence-electron chi connectivity index (χ1n) is 7.53. The number of benzene rings is 1. The topological polar surface area (TPSA) is 89.1 Å². The number of nitrogens with one attached hydrogen (secondary N) is 1. The second-order valence-electron chi connectivity index (χ2n) is 5.39. The van der Waals surface area contributed by atoms with Crippen LogP contribution in [0.1, 0.15) is 24.6 Å². The fourth-order valence-corrected chi connectivity index (χ4v) is 2.29. The van der Waals surface area contributed by atoms with Crippen LogP contribution in [0.3, 0.4) is 0 Å². The molecule has 1 unspecified atom stereocenters. The van der Waals surface area contributed by atoms with Gasteiger partial charge >= 0.3 is 6.03 Å². The number of hydrogen-bond acceptors (Lipinski definition) is 5. The molecule has 0 radical (unpaired) electrons. The molecule has 1 N–H and O–H groups in total. The number of para-hydroxylation sites is 1. The fourth-order valence-electron chi connectivity index (χ4n) is 2.29. The van der Waals surface area contributed by atoms with Crippen LogP contribution in [0.15, 0.2) is 53.1 Å². The number of carbonyl (C=O) groups excluding carboxylic acids is 1. The molecule has 24 heavy (non-hydrogen) atoms. The number of rotatable bonds is 5. The van der Waals surface area contributed by atoms with Crippen LogP contribution in [0.2, 0.25) is 0 Å². The van der Waals surface area contributed by atoms with Crippen molar-refractivity contribution in [1.82, 2.24) is 30.4 Å². The minimum Gasteiger partial charge on any atom is -0.467 e. The highest BCUT2D eigenvalue weighted by molar-refractivity contribution is 5.74. The summed E-state index contributed by atoms with van der Waals surface area (Å²) in [5.74, 6) is 1.27. The molecule has 8 nitrogen and oxygen atoms in total. The summed E-state index contributed by atoms with van der Waals surface area (Å²) in [7, 11) is 1.70. The molecule has 1 atom stereocenters. The van der Waals surface area contributed by atoms with E-state index < -0.39 is 0 Å². The average molecular weight is 326 g/mol. The van der Waals surface area contributed by atoms with Crippen molar-refractivity contribution in [3.63, 3.8) is 0 Å². The van der Waals surface area contributed by atoms with Gasteiger partial charge in [0.15, 0.2) is 5.82 Å². The third-order valence-electron chi connectivity index (χ3n) is 3.54. The number of nitrogens with zero attached hydrogens (tertiary/aromatic N) is 5. The number of amides is 2. The Morgan fingerprint density at radius 2 is 2.08 bits per heavy atom. The minimum atomic E-state index is -0.355. The molecule has 2 aromatic heterocycles. The molecule has 2 heterocycles. The molecule has 0 aliphatic carbocycles. The van der Waals surface area contributed by atoms with Crippen LogP contribution in [-0.2, 0) is 6.54 Å². The van der Waals surface area contributed by atoms with Crippen molar-refractivity contribution >= 4 is 6.03 Å². The van der Waals surface area contributed by atoms with Gasteiger partial charge in [-0.05, 0) is 41.6 Å². The van der Waals surface area contributed by atoms with Gasteiger partial charge < -0.3 is 14.6 Å². The maximum Gasteiger partial charge on any atom is 0.318 e. The molecule has 0 spiro atoms. The molecule has 0 saturated heterocycles. The largest absolute Gasteiger partial charge is 0.467 e. The van der Waals surface area contributed by atoms with Crippen molar-refractivity contribution in [2.75, 3.05) is 7.05 Å². The summed E-state index contributed by atoms with van der Waals surface area (Å²) >= 11 is 0. The van der Waals surface area contributed by atoms with Crippen molar-refractivity contribution in [2.45, 2.75) is 19.5 Å². The van der Waals surface area contributed by atoms with E-state index in [2.05, 4.69) is 20.8 Å². The van der Waals surface area contributed by atoms with Crippen molar-refractivity contribution in [3.8, 4) is 5.69 Å². The lowest BCUT2D eigenvalue weighted by atomic mass is 10.3. The summed E-state index contributed by atoms with van der Waals surface area (Å²) in [6, 6.07) is 12.5. The van der Waals surface area contributed by atoms with Gasteiger partial charge in [0.05, 0.1) is 24.5 Å². The standard InChI is InChI=1S/C16H18N6O2/c1-12(17-16(23)21(2)11-14-9-6-10-24-14)15-18-19-20-22(15)13-7-4-3-5-8-13/h3-10,12H,11H2,1-2H3,(H,17,23). The Morgan fingerprint density at radius 1 is 1.29 bits per heavy atom. The number of tetrazole rings is 1. The van der Waals surface area contributed by atoms with Gasteiger partial charge in [0, 0.05) is 7.05 Å². The van der Waals surface area contributed by atoms with Gasteiger partial charge in [0.1, 0.15) is 5.76 Å². The number of aromatic nitrogens is 4. The third kappa shape index (κ3) is 3.43. The summed E-state index contributed by atoms with van der Waals surface area (Å²) < 4.78 is 6.86. The monoisotopic (exact) mass is 326 g/mol. The smallest absolute Gasteiger partial charge is 0.318 e. The number of furan rings is 1. The van der Waals surface area contributed by atoms with Crippen molar-refractivity contribution < 1.29 is 9.21 Å². The highest BCUT2D eigenvalue weighted by Crippen LogP contribution is 2.14. The lowest BCUT2D eigenvalue weighted by Gasteiger charge is -2.20. The lowest BCUT2D eigenvalue weighted by molar-refractivity contribution is 0.199. The summed E-state index contributed by atoms with van der Waals surface area (Å²) in [5.41, 5.74) is 0.836. The van der Waals surface area contributed by atoms with Crippen LogP contribution in [0.5, 0.6) is 0 Å². The van der Waals surface area contributed by atoms with Crippen molar-refractivity contribution in [1.29, 1.82) is 0 Å². The predicted octanol–water partition coefficient (Wildman–Crippen LogP) is 2.16. The van der Waals surface area contributed by atoms with Crippen LogP contribution in [0, 0.1) is 0 Å². The maximum absolute atomic E-state index is 12.3. The van der Waals surface area contributed by atoms with E-state index in [4.69, 9.17) is 4.42 Å². The Kier molecular flexibility index (Phi) is 4.55. The van der Waals surface area contributed by atoms with Crippen LogP contribution in [-0.4, -0.2) is 38.2 Å². The molecule has 0 fully saturated rings. The summed E-state index contributed by atoms with van der Waals surface area (Å²) in [6.07, 6.45) is 1.58. The quantitative estimate of drug-likeness (QED) is 0.776. The Morgan fingerprint density at radius 3 is 2.79 bits per heavy atom. The molecule has 0 bridgehead atoms. The summed E-state index contributed by atoms with van der Waals surface area (Å²) in [4.78, 5) is 13.9. The molecule has 8 heteroatoms. The van der Waals surface area contributed by atoms with E-state index in [1.54, 1.807) is 24.1 Å². The van der Waals surface area contributed by atoms with Crippen LogP contribution in [0.25, 0.3) is 5.69 Å². The zero-order chi connectivity index (χ0) is 16.9. The molecular weight excluding hydrogens is 308 g/mol. The first-order valence-corrected chi connectivity index (χ1v) is 7.53. The van der Waals surface area contributed by atoms with Gasteiger partial charge in [-0.25, -0.2) is 4.79 Å². The number of hydrogen-bond donors (Lipinski definition) is 1. The van der Waals surface area contributed by atoms with Crippen molar-refractivity contribution in [2.24, 2.45) is 0 Å². The summed E-state index contributed by atoms with van der Waals surface area (Å²) in [6.45, 7) is 2.22. The molecule has 0 aliphatic heterocycles. The Labute approximate surface area is 139 Å². The second kappa shape index (κ2) is 6.95. The van der Waals surface area contributed by atoms with E-state index in [-0.39, 0.29) is 12.1 Å². The Bertz CT molecular complexity index is 784. The van der Waals surface area contributed by atoms with E-state index >= 15 is 0 Å². The Balaban J connectivity index is 1.68. The highest BCUT2D eigenvalue weighted by atomic mass is 16.3. The third-order valence-corrected chi connectivity index (χ3v) is 3.54. The van der Waals surface area contributed by atoms with Gasteiger partial charge in [0.2, 0.25) is 0 Å². The summed E-state index contributed by atoms with van der Waals surface area (Å²) in [5, 5.41) is 14.6. The van der Waals surface area contributed by atoms with E-state index in [0.717, 1.165) is 11.4 Å². The zero-order valence-electron chi connectivity index (χ0n) is 13.5. The predicted molar refractivity (Wildman–Crippen MR) is 86.3 cm³/mol. The highest BCUT2D eigenvalue weighted by Gasteiger charge is 2.20. The molecular formula is C16H18N6O2. The minimum absolute atomic E-state index is 0.235. The van der Waals surface area contributed by atoms with Gasteiger partial charge in [-0.15, -0.1) is 5.10 Å². The molecule has 3 aromatic rings. The first-order chi connectivity index (χ1) is 11.6. The van der Waals surface area contributed by atoms with Gasteiger partial charge in [-0.3, -0.25) is 0 Å². The van der Waals surface area contributed by atoms with E-state index in [1.807, 2.05) is 43.3 Å². The normalized spacial score (nSPS) is 11.9. The molecule has 124 valence electrons. The maximum atomic E-state index is 12.3. The van der Waals surface area contributed by atoms with Gasteiger partial charge in [0.25, 0.3) is 0 Å². The molecule has 0 saturated carbocycles. The second-order valence-corrected chi connectivity index (χ2v) is 5.39. The zero-order valence-corrected chi connectivity index (χ0v) is 13.5. The van der Waals surface area contributed by atoms with Gasteiger partial charge in [-0.1, -0.05) is 18.2 Å². The SMILES string of the molecule is CC(NC(=O)N(C)Cc1ccco1)c1nnnn1-c1ccccc1. The van der Waals surface area contributed by atoms with E-state index in [0.29, 0.717) is 12.4 Å². The van der Waals surface area contributed by atoms with Crippen molar-refractivity contribution in [3.05, 3.63) is 60.3 Å². The molecule has 2 amide bonds. The molecule has 3 rings (SSSR count).